The van der Waals surface area contributed by atoms with Crippen molar-refractivity contribution >= 4 is 38.9 Å². The average Bonchev–Trinajstić information content (AvgIpc) is 3.47. The smallest absolute Gasteiger partial charge is 0.410 e. The maximum atomic E-state index is 13.1. The normalized spacial score (nSPS) is 18.5. The number of amides is 1. The molecule has 0 saturated carbocycles. The Hall–Kier alpha value is -3.91. The van der Waals surface area contributed by atoms with Gasteiger partial charge in [0.2, 0.25) is 5.88 Å². The second-order valence-corrected chi connectivity index (χ2v) is 10.1. The first-order chi connectivity index (χ1) is 18.0. The van der Waals surface area contributed by atoms with Gasteiger partial charge in [-0.1, -0.05) is 66.7 Å². The highest BCUT2D eigenvalue weighted by atomic mass is 79.9. The Bertz CT molecular complexity index is 1480. The number of hydrogen-bond acceptors (Lipinski definition) is 5. The molecule has 0 radical (unpaired) electrons. The predicted molar refractivity (Wildman–Crippen MR) is 142 cm³/mol. The summed E-state index contributed by atoms with van der Waals surface area (Å²) in [5, 5.41) is 10.8. The molecule has 37 heavy (non-hydrogen) atoms. The molecular weight excluding hydrogens is 536 g/mol. The third-order valence-electron chi connectivity index (χ3n) is 7.04. The van der Waals surface area contributed by atoms with Gasteiger partial charge >= 0.3 is 12.1 Å². The van der Waals surface area contributed by atoms with Gasteiger partial charge in [0.05, 0.1) is 16.5 Å². The number of pyridine rings is 1. The van der Waals surface area contributed by atoms with E-state index < -0.39 is 24.2 Å². The number of hydrogen-bond donors (Lipinski definition) is 1. The van der Waals surface area contributed by atoms with Crippen LogP contribution in [-0.2, 0) is 9.53 Å². The van der Waals surface area contributed by atoms with E-state index in [9.17, 15) is 14.7 Å². The number of aliphatic carboxylic acids is 1. The Morgan fingerprint density at radius 1 is 0.973 bits per heavy atom. The van der Waals surface area contributed by atoms with Gasteiger partial charge in [-0.05, 0) is 50.3 Å². The Morgan fingerprint density at radius 2 is 1.62 bits per heavy atom. The second-order valence-electron chi connectivity index (χ2n) is 9.25. The summed E-state index contributed by atoms with van der Waals surface area (Å²) in [7, 11) is 0. The first-order valence-electron chi connectivity index (χ1n) is 12.1. The quantitative estimate of drug-likeness (QED) is 0.330. The van der Waals surface area contributed by atoms with E-state index in [1.807, 2.05) is 66.7 Å². The van der Waals surface area contributed by atoms with E-state index >= 15 is 0 Å². The number of nitrogens with zero attached hydrogens (tertiary/aromatic N) is 2. The fourth-order valence-electron chi connectivity index (χ4n) is 5.31. The molecule has 1 saturated heterocycles. The first kappa shape index (κ1) is 23.5. The fourth-order valence-corrected chi connectivity index (χ4v) is 5.74. The summed E-state index contributed by atoms with van der Waals surface area (Å²) in [5.41, 5.74) is 5.22. The molecule has 8 heteroatoms. The van der Waals surface area contributed by atoms with Crippen molar-refractivity contribution in [1.82, 2.24) is 9.88 Å². The van der Waals surface area contributed by atoms with Crippen LogP contribution in [0.25, 0.3) is 22.0 Å². The van der Waals surface area contributed by atoms with Crippen LogP contribution in [0, 0.1) is 0 Å². The minimum atomic E-state index is -1.09. The van der Waals surface area contributed by atoms with Crippen LogP contribution in [0.2, 0.25) is 0 Å². The fraction of sp³-hybridized carbons (Fsp3) is 0.207. The van der Waals surface area contributed by atoms with E-state index in [1.165, 1.54) is 4.90 Å². The van der Waals surface area contributed by atoms with Gasteiger partial charge in [-0.2, -0.15) is 0 Å². The number of aromatic nitrogens is 1. The van der Waals surface area contributed by atoms with Crippen molar-refractivity contribution in [3.8, 4) is 17.0 Å². The van der Waals surface area contributed by atoms with E-state index in [1.54, 1.807) is 0 Å². The number of carbonyl (C=O) groups is 2. The van der Waals surface area contributed by atoms with E-state index in [0.717, 1.165) is 33.2 Å². The van der Waals surface area contributed by atoms with Crippen molar-refractivity contribution in [1.29, 1.82) is 0 Å². The number of fused-ring (bicyclic) bond motifs is 4. The number of carbonyl (C=O) groups excluding carboxylic acids is 1. The van der Waals surface area contributed by atoms with E-state index in [-0.39, 0.29) is 25.5 Å². The zero-order valence-corrected chi connectivity index (χ0v) is 21.3. The zero-order chi connectivity index (χ0) is 25.5. The molecule has 1 fully saturated rings. The zero-order valence-electron chi connectivity index (χ0n) is 19.7. The molecular formula is C29H23BrN2O5. The Labute approximate surface area is 221 Å². The van der Waals surface area contributed by atoms with Gasteiger partial charge < -0.3 is 14.6 Å². The summed E-state index contributed by atoms with van der Waals surface area (Å²) in [5.74, 6) is -0.834. The summed E-state index contributed by atoms with van der Waals surface area (Å²) >= 11 is 3.49. The lowest BCUT2D eigenvalue weighted by Gasteiger charge is -2.22. The lowest BCUT2D eigenvalue weighted by molar-refractivity contribution is -0.141. The lowest BCUT2D eigenvalue weighted by atomic mass is 9.98. The Morgan fingerprint density at radius 3 is 2.32 bits per heavy atom. The summed E-state index contributed by atoms with van der Waals surface area (Å²) < 4.78 is 12.5. The summed E-state index contributed by atoms with van der Waals surface area (Å²) in [6, 6.07) is 24.7. The number of ether oxygens (including phenoxy) is 2. The molecule has 1 aromatic heterocycles. The molecule has 1 aliphatic carbocycles. The highest BCUT2D eigenvalue weighted by Gasteiger charge is 2.42. The maximum Gasteiger partial charge on any atom is 0.410 e. The first-order valence-corrected chi connectivity index (χ1v) is 12.9. The largest absolute Gasteiger partial charge is 0.480 e. The molecule has 1 aliphatic heterocycles. The van der Waals surface area contributed by atoms with Crippen molar-refractivity contribution in [3.05, 3.63) is 94.5 Å². The third kappa shape index (κ3) is 4.31. The van der Waals surface area contributed by atoms with Crippen LogP contribution in [0.3, 0.4) is 0 Å². The maximum absolute atomic E-state index is 13.1. The van der Waals surface area contributed by atoms with Gasteiger partial charge in [0, 0.05) is 17.7 Å². The SMILES string of the molecule is O=C(O)C1CC(Oc2nc3ccccc3cc2Br)CN1C(=O)OCC1c2ccccc2-c2ccccc21. The van der Waals surface area contributed by atoms with Gasteiger partial charge in [-0.15, -0.1) is 0 Å². The van der Waals surface area contributed by atoms with Crippen LogP contribution in [0.1, 0.15) is 23.5 Å². The van der Waals surface area contributed by atoms with Gasteiger partial charge in [-0.3, -0.25) is 4.90 Å². The van der Waals surface area contributed by atoms with Crippen molar-refractivity contribution in [2.24, 2.45) is 0 Å². The minimum absolute atomic E-state index is 0.0919. The van der Waals surface area contributed by atoms with Crippen LogP contribution in [0.4, 0.5) is 4.79 Å². The number of likely N-dealkylation sites (tertiary alicyclic amines) is 1. The topological polar surface area (TPSA) is 89.0 Å². The second kappa shape index (κ2) is 9.52. The molecule has 3 aromatic carbocycles. The number of halogens is 1. The highest BCUT2D eigenvalue weighted by Crippen LogP contribution is 2.44. The van der Waals surface area contributed by atoms with Crippen LogP contribution in [-0.4, -0.2) is 52.4 Å². The summed E-state index contributed by atoms with van der Waals surface area (Å²) in [6.07, 6.45) is -1.06. The molecule has 1 N–H and O–H groups in total. The van der Waals surface area contributed by atoms with Gasteiger partial charge in [0.1, 0.15) is 18.8 Å². The molecule has 7 nitrogen and oxygen atoms in total. The van der Waals surface area contributed by atoms with Gasteiger partial charge in [0.15, 0.2) is 0 Å². The molecule has 186 valence electrons. The van der Waals surface area contributed by atoms with E-state index in [2.05, 4.69) is 33.0 Å². The van der Waals surface area contributed by atoms with Crippen LogP contribution in [0.5, 0.6) is 5.88 Å². The molecule has 2 atom stereocenters. The monoisotopic (exact) mass is 558 g/mol. The molecule has 4 aromatic rings. The Kier molecular flexibility index (Phi) is 6.04. The average molecular weight is 559 g/mol. The summed E-state index contributed by atoms with van der Waals surface area (Å²) in [6.45, 7) is 0.216. The number of carboxylic acid groups (broad SMARTS) is 1. The van der Waals surface area contributed by atoms with Crippen molar-refractivity contribution in [3.63, 3.8) is 0 Å². The highest BCUT2D eigenvalue weighted by molar-refractivity contribution is 9.10. The molecule has 1 amide bonds. The van der Waals surface area contributed by atoms with Gasteiger partial charge in [-0.25, -0.2) is 14.6 Å². The molecule has 0 spiro atoms. The molecule has 0 bridgehead atoms. The number of para-hydroxylation sites is 1. The third-order valence-corrected chi connectivity index (χ3v) is 7.61. The van der Waals surface area contributed by atoms with Crippen molar-refractivity contribution < 1.29 is 24.2 Å². The standard InChI is InChI=1S/C29H23BrN2O5/c30-24-13-17-7-1-6-12-25(17)31-27(24)37-18-14-26(28(33)34)32(15-18)29(35)36-16-23-21-10-4-2-8-19(21)20-9-3-5-11-22(20)23/h1-13,18,23,26H,14-16H2,(H,33,34). The number of rotatable bonds is 5. The molecule has 2 unspecified atom stereocenters. The number of carboxylic acids is 1. The number of benzene rings is 3. The van der Waals surface area contributed by atoms with Gasteiger partial charge in [0.25, 0.3) is 0 Å². The van der Waals surface area contributed by atoms with Crippen LogP contribution >= 0.6 is 15.9 Å². The molecule has 2 aliphatic rings. The Balaban J connectivity index is 1.18. The van der Waals surface area contributed by atoms with E-state index in [4.69, 9.17) is 9.47 Å². The van der Waals surface area contributed by atoms with Crippen LogP contribution in [0.15, 0.2) is 83.3 Å². The van der Waals surface area contributed by atoms with Crippen molar-refractivity contribution in [2.75, 3.05) is 13.2 Å². The predicted octanol–water partition coefficient (Wildman–Crippen LogP) is 5.85. The van der Waals surface area contributed by atoms with E-state index in [0.29, 0.717) is 10.4 Å². The van der Waals surface area contributed by atoms with Crippen molar-refractivity contribution in [2.45, 2.75) is 24.5 Å². The molecule has 2 heterocycles. The summed E-state index contributed by atoms with van der Waals surface area (Å²) in [4.78, 5) is 31.0. The van der Waals surface area contributed by atoms with Crippen LogP contribution < -0.4 is 4.74 Å². The lowest BCUT2D eigenvalue weighted by Crippen LogP contribution is -2.41. The minimum Gasteiger partial charge on any atom is -0.480 e. The molecule has 6 rings (SSSR count).